The zero-order valence-corrected chi connectivity index (χ0v) is 15.1. The molecule has 26 heavy (non-hydrogen) atoms. The first-order valence-corrected chi connectivity index (χ1v) is 7.92. The lowest BCUT2D eigenvalue weighted by Gasteiger charge is -2.27. The van der Waals surface area contributed by atoms with Gasteiger partial charge in [0.2, 0.25) is 0 Å². The maximum Gasteiger partial charge on any atom is 0.415 e. The molecule has 0 saturated carbocycles. The fourth-order valence-corrected chi connectivity index (χ4v) is 2.35. The number of rotatable bonds is 4. The van der Waals surface area contributed by atoms with Crippen LogP contribution in [0.5, 0.6) is 5.75 Å². The highest BCUT2D eigenvalue weighted by Gasteiger charge is 2.26. The quantitative estimate of drug-likeness (QED) is 0.768. The fraction of sp³-hybridized carbons (Fsp3) is 0.316. The van der Waals surface area contributed by atoms with Crippen molar-refractivity contribution in [3.8, 4) is 22.9 Å². The van der Waals surface area contributed by atoms with Crippen LogP contribution in [0.25, 0.3) is 11.1 Å². The molecule has 0 unspecified atom stereocenters. The van der Waals surface area contributed by atoms with E-state index >= 15 is 0 Å². The lowest BCUT2D eigenvalue weighted by molar-refractivity contribution is 0.0585. The van der Waals surface area contributed by atoms with Gasteiger partial charge in [-0.05, 0) is 39.0 Å². The first-order chi connectivity index (χ1) is 12.3. The number of benzene rings is 1. The van der Waals surface area contributed by atoms with Crippen LogP contribution in [0.15, 0.2) is 36.7 Å². The van der Waals surface area contributed by atoms with Crippen molar-refractivity contribution in [3.63, 3.8) is 0 Å². The zero-order valence-electron chi connectivity index (χ0n) is 15.1. The number of hydrogen-bond acceptors (Lipinski definition) is 5. The first-order valence-electron chi connectivity index (χ1n) is 7.92. The number of ether oxygens (including phenoxy) is 2. The van der Waals surface area contributed by atoms with Gasteiger partial charge in [0.25, 0.3) is 0 Å². The van der Waals surface area contributed by atoms with Gasteiger partial charge in [-0.15, -0.1) is 0 Å². The van der Waals surface area contributed by atoms with Crippen LogP contribution in [-0.4, -0.2) is 30.3 Å². The monoisotopic (exact) mass is 357 g/mol. The van der Waals surface area contributed by atoms with E-state index in [-0.39, 0.29) is 6.54 Å². The summed E-state index contributed by atoms with van der Waals surface area (Å²) in [7, 11) is 1.43. The van der Waals surface area contributed by atoms with E-state index < -0.39 is 17.5 Å². The number of hydrogen-bond donors (Lipinski definition) is 0. The van der Waals surface area contributed by atoms with Crippen molar-refractivity contribution in [1.82, 2.24) is 4.98 Å². The van der Waals surface area contributed by atoms with Gasteiger partial charge in [0.15, 0.2) is 0 Å². The molecule has 0 fully saturated rings. The fourth-order valence-electron chi connectivity index (χ4n) is 2.35. The second kappa shape index (κ2) is 7.83. The Morgan fingerprint density at radius 3 is 2.65 bits per heavy atom. The molecule has 0 aliphatic carbocycles. The smallest absolute Gasteiger partial charge is 0.415 e. The predicted molar refractivity (Wildman–Crippen MR) is 95.4 cm³/mol. The molecule has 136 valence electrons. The summed E-state index contributed by atoms with van der Waals surface area (Å²) in [5.74, 6) is -0.138. The Morgan fingerprint density at radius 2 is 2.04 bits per heavy atom. The van der Waals surface area contributed by atoms with Crippen LogP contribution >= 0.6 is 0 Å². The van der Waals surface area contributed by atoms with E-state index in [1.54, 1.807) is 39.1 Å². The molecule has 0 spiro atoms. The lowest BCUT2D eigenvalue weighted by Crippen LogP contribution is -2.37. The topological polar surface area (TPSA) is 75.5 Å². The maximum absolute atomic E-state index is 13.5. The summed E-state index contributed by atoms with van der Waals surface area (Å²) < 4.78 is 24.2. The molecule has 0 saturated heterocycles. The highest BCUT2D eigenvalue weighted by molar-refractivity contribution is 5.95. The first kappa shape index (κ1) is 19.2. The Balaban J connectivity index is 2.56. The Kier molecular flexibility index (Phi) is 5.78. The van der Waals surface area contributed by atoms with E-state index in [0.717, 1.165) is 0 Å². The molecular formula is C19H20FN3O3. The summed E-state index contributed by atoms with van der Waals surface area (Å²) in [6, 6.07) is 7.72. The average Bonchev–Trinajstić information content (AvgIpc) is 2.58. The lowest BCUT2D eigenvalue weighted by atomic mass is 10.0. The van der Waals surface area contributed by atoms with Gasteiger partial charge in [0.05, 0.1) is 25.1 Å². The molecule has 1 aromatic carbocycles. The van der Waals surface area contributed by atoms with E-state index in [0.29, 0.717) is 22.6 Å². The van der Waals surface area contributed by atoms with Crippen molar-refractivity contribution in [1.29, 1.82) is 5.26 Å². The highest BCUT2D eigenvalue weighted by Crippen LogP contribution is 2.37. The summed E-state index contributed by atoms with van der Waals surface area (Å²) in [5.41, 5.74) is 0.782. The number of pyridine rings is 1. The largest absolute Gasteiger partial charge is 0.496 e. The number of carbonyl (C=O) groups excluding carboxylic acids is 1. The number of carbonyl (C=O) groups is 1. The van der Waals surface area contributed by atoms with E-state index in [2.05, 4.69) is 4.98 Å². The number of nitriles is 1. The molecule has 0 N–H and O–H groups in total. The van der Waals surface area contributed by atoms with Crippen LogP contribution in [0.1, 0.15) is 20.8 Å². The van der Waals surface area contributed by atoms with Crippen molar-refractivity contribution >= 4 is 11.8 Å². The summed E-state index contributed by atoms with van der Waals surface area (Å²) >= 11 is 0. The van der Waals surface area contributed by atoms with Crippen LogP contribution in [0.3, 0.4) is 0 Å². The summed E-state index contributed by atoms with van der Waals surface area (Å²) in [5, 5.41) is 9.15. The molecule has 1 aromatic heterocycles. The number of aromatic nitrogens is 1. The number of anilines is 1. The standard InChI is InChI=1S/C19H20FN3O3/c1-19(2,3)26-18(24)23(10-8-21)16-12-22-9-7-14(16)15-6-5-13(20)11-17(15)25-4/h5-7,9,11-12H,10H2,1-4H3. The van der Waals surface area contributed by atoms with Gasteiger partial charge >= 0.3 is 6.09 Å². The van der Waals surface area contributed by atoms with Gasteiger partial charge in [-0.3, -0.25) is 9.88 Å². The molecule has 0 bridgehead atoms. The summed E-state index contributed by atoms with van der Waals surface area (Å²) in [6.07, 6.45) is 2.33. The van der Waals surface area contributed by atoms with Crippen molar-refractivity contribution < 1.29 is 18.7 Å². The van der Waals surface area contributed by atoms with E-state index in [9.17, 15) is 9.18 Å². The number of methoxy groups -OCH3 is 1. The highest BCUT2D eigenvalue weighted by atomic mass is 19.1. The average molecular weight is 357 g/mol. The van der Waals surface area contributed by atoms with Crippen LogP contribution < -0.4 is 9.64 Å². The minimum atomic E-state index is -0.722. The Bertz CT molecular complexity index is 841. The van der Waals surface area contributed by atoms with Gasteiger partial charge in [-0.2, -0.15) is 5.26 Å². The van der Waals surface area contributed by atoms with Crippen molar-refractivity contribution in [2.75, 3.05) is 18.6 Å². The van der Waals surface area contributed by atoms with Gasteiger partial charge in [-0.25, -0.2) is 9.18 Å². The van der Waals surface area contributed by atoms with Gasteiger partial charge in [0, 0.05) is 23.4 Å². The summed E-state index contributed by atoms with van der Waals surface area (Å²) in [6.45, 7) is 4.99. The molecule has 0 aliphatic heterocycles. The Morgan fingerprint density at radius 1 is 1.31 bits per heavy atom. The van der Waals surface area contributed by atoms with Crippen LogP contribution in [-0.2, 0) is 4.74 Å². The molecular weight excluding hydrogens is 337 g/mol. The molecule has 0 radical (unpaired) electrons. The molecule has 7 heteroatoms. The minimum absolute atomic E-state index is 0.225. The second-order valence-corrected chi connectivity index (χ2v) is 6.46. The molecule has 0 aliphatic rings. The third-order valence-corrected chi connectivity index (χ3v) is 3.39. The molecule has 2 rings (SSSR count). The van der Waals surface area contributed by atoms with Crippen molar-refractivity contribution in [2.45, 2.75) is 26.4 Å². The van der Waals surface area contributed by atoms with Crippen LogP contribution in [0.2, 0.25) is 0 Å². The van der Waals surface area contributed by atoms with Crippen LogP contribution in [0, 0.1) is 17.1 Å². The number of halogens is 1. The Labute approximate surface area is 151 Å². The molecule has 1 amide bonds. The third-order valence-electron chi connectivity index (χ3n) is 3.39. The molecule has 0 atom stereocenters. The number of nitrogens with zero attached hydrogens (tertiary/aromatic N) is 3. The minimum Gasteiger partial charge on any atom is -0.496 e. The third kappa shape index (κ3) is 4.48. The predicted octanol–water partition coefficient (Wildman–Crippen LogP) is 4.16. The van der Waals surface area contributed by atoms with Gasteiger partial charge in [0.1, 0.15) is 23.7 Å². The van der Waals surface area contributed by atoms with Gasteiger partial charge < -0.3 is 9.47 Å². The van der Waals surface area contributed by atoms with E-state index in [4.69, 9.17) is 14.7 Å². The number of amides is 1. The SMILES string of the molecule is COc1cc(F)ccc1-c1ccncc1N(CC#N)C(=O)OC(C)(C)C. The van der Waals surface area contributed by atoms with Gasteiger partial charge in [-0.1, -0.05) is 0 Å². The van der Waals surface area contributed by atoms with E-state index in [1.165, 1.54) is 30.3 Å². The van der Waals surface area contributed by atoms with E-state index in [1.807, 2.05) is 6.07 Å². The second-order valence-electron chi connectivity index (χ2n) is 6.46. The van der Waals surface area contributed by atoms with Crippen molar-refractivity contribution in [3.05, 3.63) is 42.5 Å². The Hall–Kier alpha value is -3.14. The molecule has 1 heterocycles. The molecule has 2 aromatic rings. The van der Waals surface area contributed by atoms with Crippen LogP contribution in [0.4, 0.5) is 14.9 Å². The van der Waals surface area contributed by atoms with Crippen molar-refractivity contribution in [2.24, 2.45) is 0 Å². The maximum atomic E-state index is 13.5. The zero-order chi connectivity index (χ0) is 19.3. The normalized spacial score (nSPS) is 10.8. The summed E-state index contributed by atoms with van der Waals surface area (Å²) in [4.78, 5) is 17.8. The molecule has 6 nitrogen and oxygen atoms in total.